The van der Waals surface area contributed by atoms with Crippen molar-refractivity contribution in [3.63, 3.8) is 0 Å². The Bertz CT molecular complexity index is 1450. The van der Waals surface area contributed by atoms with Crippen molar-refractivity contribution < 1.29 is 32.4 Å². The first-order valence-corrected chi connectivity index (χ1v) is 12.9. The van der Waals surface area contributed by atoms with E-state index in [9.17, 15) is 32.9 Å². The molecule has 0 bridgehead atoms. The summed E-state index contributed by atoms with van der Waals surface area (Å²) in [6, 6.07) is 14.0. The summed E-state index contributed by atoms with van der Waals surface area (Å²) in [7, 11) is 0. The SMILES string of the molecule is O=C1S/C(=C\c2ccc(Oc3ccc(C(F)(F)F)cc3[N+](=O)[O-])c(Br)c2)C(=O)N1Cc1ccc(I)cc1. The second-order valence-corrected chi connectivity index (χ2v) is 10.7. The number of alkyl halides is 3. The number of nitrogens with zero attached hydrogens (tertiary/aromatic N) is 2. The van der Waals surface area contributed by atoms with Gasteiger partial charge in [-0.05, 0) is 104 Å². The number of ether oxygens (including phenoxy) is 1. The Morgan fingerprint density at radius 2 is 1.73 bits per heavy atom. The van der Waals surface area contributed by atoms with Gasteiger partial charge in [-0.25, -0.2) is 0 Å². The quantitative estimate of drug-likeness (QED) is 0.112. The van der Waals surface area contributed by atoms with Crippen molar-refractivity contribution in [3.05, 3.63) is 100 Å². The highest BCUT2D eigenvalue weighted by atomic mass is 127. The van der Waals surface area contributed by atoms with E-state index in [-0.39, 0.29) is 22.9 Å². The normalized spacial score (nSPS) is 14.9. The lowest BCUT2D eigenvalue weighted by Gasteiger charge is -2.12. The van der Waals surface area contributed by atoms with Crippen LogP contribution in [0, 0.1) is 13.7 Å². The molecule has 4 rings (SSSR count). The largest absolute Gasteiger partial charge is 0.449 e. The van der Waals surface area contributed by atoms with Crippen molar-refractivity contribution in [3.8, 4) is 11.5 Å². The maximum Gasteiger partial charge on any atom is 0.416 e. The minimum Gasteiger partial charge on any atom is -0.449 e. The van der Waals surface area contributed by atoms with Crippen LogP contribution in [0.2, 0.25) is 0 Å². The van der Waals surface area contributed by atoms with E-state index in [1.807, 2.05) is 24.3 Å². The predicted octanol–water partition coefficient (Wildman–Crippen LogP) is 8.01. The third-order valence-electron chi connectivity index (χ3n) is 5.08. The van der Waals surface area contributed by atoms with Crippen molar-refractivity contribution in [1.29, 1.82) is 0 Å². The van der Waals surface area contributed by atoms with E-state index < -0.39 is 33.5 Å². The fourth-order valence-corrected chi connectivity index (χ4v) is 4.97. The number of thioether (sulfide) groups is 1. The molecule has 1 aliphatic rings. The molecule has 0 unspecified atom stereocenters. The van der Waals surface area contributed by atoms with E-state index >= 15 is 0 Å². The minimum atomic E-state index is -4.74. The average molecular weight is 705 g/mol. The van der Waals surface area contributed by atoms with E-state index in [2.05, 4.69) is 38.5 Å². The highest BCUT2D eigenvalue weighted by Gasteiger charge is 2.35. The molecule has 3 aromatic rings. The Morgan fingerprint density at radius 1 is 1.05 bits per heavy atom. The molecular formula is C24H13BrF3IN2O5S. The third kappa shape index (κ3) is 6.33. The molecule has 1 heterocycles. The van der Waals surface area contributed by atoms with Crippen LogP contribution in [0.25, 0.3) is 6.08 Å². The highest BCUT2D eigenvalue weighted by Crippen LogP contribution is 2.40. The number of hydrogen-bond acceptors (Lipinski definition) is 6. The summed E-state index contributed by atoms with van der Waals surface area (Å²) < 4.78 is 45.7. The van der Waals surface area contributed by atoms with Crippen molar-refractivity contribution in [1.82, 2.24) is 4.90 Å². The van der Waals surface area contributed by atoms with Gasteiger partial charge < -0.3 is 4.74 Å². The van der Waals surface area contributed by atoms with Crippen molar-refractivity contribution in [2.24, 2.45) is 0 Å². The molecule has 0 saturated carbocycles. The number of carbonyl (C=O) groups is 2. The van der Waals surface area contributed by atoms with Gasteiger partial charge in [0.1, 0.15) is 5.75 Å². The van der Waals surface area contributed by atoms with Crippen molar-refractivity contribution in [2.45, 2.75) is 12.7 Å². The van der Waals surface area contributed by atoms with Gasteiger partial charge in [0.25, 0.3) is 11.1 Å². The summed E-state index contributed by atoms with van der Waals surface area (Å²) in [5.41, 5.74) is -0.670. The van der Waals surface area contributed by atoms with E-state index in [1.54, 1.807) is 12.1 Å². The zero-order chi connectivity index (χ0) is 26.9. The minimum absolute atomic E-state index is 0.104. The molecule has 7 nitrogen and oxygen atoms in total. The molecule has 190 valence electrons. The van der Waals surface area contributed by atoms with Crippen molar-refractivity contribution >= 4 is 73.2 Å². The molecule has 3 aromatic carbocycles. The van der Waals surface area contributed by atoms with Gasteiger partial charge in [-0.15, -0.1) is 0 Å². The van der Waals surface area contributed by atoms with Gasteiger partial charge in [0.05, 0.1) is 26.4 Å². The molecule has 2 amide bonds. The number of nitro groups is 1. The molecule has 0 radical (unpaired) electrons. The second kappa shape index (κ2) is 10.8. The van der Waals surface area contributed by atoms with E-state index in [4.69, 9.17) is 4.74 Å². The van der Waals surface area contributed by atoms with Crippen LogP contribution in [-0.4, -0.2) is 21.0 Å². The van der Waals surface area contributed by atoms with Crippen LogP contribution in [0.3, 0.4) is 0 Å². The summed E-state index contributed by atoms with van der Waals surface area (Å²) >= 11 is 6.24. The highest BCUT2D eigenvalue weighted by molar-refractivity contribution is 14.1. The Balaban J connectivity index is 1.53. The molecule has 1 aliphatic heterocycles. The number of nitro benzene ring substituents is 1. The molecule has 37 heavy (non-hydrogen) atoms. The predicted molar refractivity (Wildman–Crippen MR) is 143 cm³/mol. The van der Waals surface area contributed by atoms with Crippen molar-refractivity contribution in [2.75, 3.05) is 0 Å². The summed E-state index contributed by atoms with van der Waals surface area (Å²) in [4.78, 5) is 37.0. The van der Waals surface area contributed by atoms with E-state index in [1.165, 1.54) is 12.1 Å². The molecule has 0 aromatic heterocycles. The average Bonchev–Trinajstić information content (AvgIpc) is 3.08. The molecule has 1 saturated heterocycles. The fraction of sp³-hybridized carbons (Fsp3) is 0.0833. The maximum absolute atomic E-state index is 12.9. The molecule has 1 fully saturated rings. The maximum atomic E-state index is 12.9. The van der Waals surface area contributed by atoms with Crippen LogP contribution in [0.1, 0.15) is 16.7 Å². The summed E-state index contributed by atoms with van der Waals surface area (Å²) in [6.45, 7) is 0.140. The summed E-state index contributed by atoms with van der Waals surface area (Å²) in [6.07, 6.45) is -3.22. The van der Waals surface area contributed by atoms with Gasteiger partial charge in [-0.2, -0.15) is 13.2 Å². The number of rotatable bonds is 6. The molecule has 13 heteroatoms. The third-order valence-corrected chi connectivity index (χ3v) is 7.33. The lowest BCUT2D eigenvalue weighted by Crippen LogP contribution is -2.27. The number of benzene rings is 3. The Kier molecular flexibility index (Phi) is 7.94. The first-order chi connectivity index (χ1) is 17.4. The number of imide groups is 1. The number of hydrogen-bond donors (Lipinski definition) is 0. The topological polar surface area (TPSA) is 89.7 Å². The number of amides is 2. The Hall–Kier alpha value is -2.91. The molecular weight excluding hydrogens is 692 g/mol. The fourth-order valence-electron chi connectivity index (χ4n) is 3.29. The van der Waals surface area contributed by atoms with Gasteiger partial charge >= 0.3 is 11.9 Å². The standard InChI is InChI=1S/C24H13BrF3IN2O5S/c25-17-9-14(10-21-22(32)30(23(33)37-21)12-13-1-5-16(29)6-2-13)3-7-19(17)36-20-8-4-15(24(26,27)28)11-18(20)31(34)35/h1-11H,12H2/b21-10-. The summed E-state index contributed by atoms with van der Waals surface area (Å²) in [5.74, 6) is -0.708. The Labute approximate surface area is 234 Å². The van der Waals surface area contributed by atoms with Crippen LogP contribution in [0.5, 0.6) is 11.5 Å². The molecule has 0 spiro atoms. The van der Waals surface area contributed by atoms with Crippen LogP contribution >= 0.6 is 50.3 Å². The lowest BCUT2D eigenvalue weighted by molar-refractivity contribution is -0.385. The van der Waals surface area contributed by atoms with Gasteiger partial charge in [0.2, 0.25) is 5.75 Å². The van der Waals surface area contributed by atoms with Crippen LogP contribution < -0.4 is 4.74 Å². The molecule has 0 N–H and O–H groups in total. The number of halogens is 5. The first-order valence-electron chi connectivity index (χ1n) is 10.3. The molecule has 0 aliphatic carbocycles. The zero-order valence-corrected chi connectivity index (χ0v) is 22.9. The smallest absolute Gasteiger partial charge is 0.416 e. The van der Waals surface area contributed by atoms with Crippen LogP contribution in [-0.2, 0) is 17.5 Å². The van der Waals surface area contributed by atoms with Gasteiger partial charge in [0, 0.05) is 9.64 Å². The lowest BCUT2D eigenvalue weighted by atomic mass is 10.1. The zero-order valence-electron chi connectivity index (χ0n) is 18.3. The van der Waals surface area contributed by atoms with Gasteiger partial charge in [-0.3, -0.25) is 24.6 Å². The van der Waals surface area contributed by atoms with Crippen LogP contribution in [0.4, 0.5) is 23.7 Å². The van der Waals surface area contributed by atoms with E-state index in [0.29, 0.717) is 22.2 Å². The van der Waals surface area contributed by atoms with E-state index in [0.717, 1.165) is 31.9 Å². The molecule has 0 atom stereocenters. The number of carbonyl (C=O) groups excluding carboxylic acids is 2. The second-order valence-electron chi connectivity index (χ2n) is 7.62. The van der Waals surface area contributed by atoms with Gasteiger partial charge in [0.15, 0.2) is 0 Å². The van der Waals surface area contributed by atoms with Crippen LogP contribution in [0.15, 0.2) is 70.0 Å². The Morgan fingerprint density at radius 3 is 2.35 bits per heavy atom. The van der Waals surface area contributed by atoms with Gasteiger partial charge in [-0.1, -0.05) is 18.2 Å². The first kappa shape index (κ1) is 27.1. The monoisotopic (exact) mass is 704 g/mol. The summed E-state index contributed by atoms with van der Waals surface area (Å²) in [5, 5.41) is 10.9.